The lowest BCUT2D eigenvalue weighted by Crippen LogP contribution is -2.50. The molecule has 0 bridgehead atoms. The van der Waals surface area contributed by atoms with Crippen molar-refractivity contribution >= 4 is 28.9 Å². The first-order chi connectivity index (χ1) is 13.7. The van der Waals surface area contributed by atoms with Crippen LogP contribution in [0, 0.1) is 5.92 Å². The smallest absolute Gasteiger partial charge is 0.331 e. The Labute approximate surface area is 165 Å². The summed E-state index contributed by atoms with van der Waals surface area (Å²) in [7, 11) is 0. The van der Waals surface area contributed by atoms with Gasteiger partial charge in [-0.25, -0.2) is 9.78 Å². The summed E-state index contributed by atoms with van der Waals surface area (Å²) in [6.07, 6.45) is 9.98. The number of benzene rings is 1. The lowest BCUT2D eigenvalue weighted by atomic mass is 9.78. The van der Waals surface area contributed by atoms with E-state index in [1.54, 1.807) is 6.08 Å². The number of amides is 1. The molecule has 0 unspecified atom stereocenters. The highest BCUT2D eigenvalue weighted by atomic mass is 16.5. The summed E-state index contributed by atoms with van der Waals surface area (Å²) in [5, 5.41) is 1.05. The number of esters is 1. The van der Waals surface area contributed by atoms with Gasteiger partial charge in [0.1, 0.15) is 0 Å². The van der Waals surface area contributed by atoms with Gasteiger partial charge in [0.2, 0.25) is 0 Å². The van der Waals surface area contributed by atoms with Crippen LogP contribution in [0.4, 0.5) is 0 Å². The molecule has 1 aromatic carbocycles. The van der Waals surface area contributed by atoms with Crippen LogP contribution in [0.5, 0.6) is 0 Å². The Hall–Kier alpha value is -2.69. The van der Waals surface area contributed by atoms with E-state index in [9.17, 15) is 9.59 Å². The fraction of sp³-hybridized carbons (Fsp3) is 0.435. The van der Waals surface area contributed by atoms with Gasteiger partial charge >= 0.3 is 5.97 Å². The normalized spacial score (nSPS) is 22.2. The SMILES string of the molecule is O=C(/C=C/c1ccc2ccccc2n1)OCC(=O)N1CCC[C@@H]2CCCC[C@@H]21. The van der Waals surface area contributed by atoms with Crippen LogP contribution in [0.2, 0.25) is 0 Å². The average Bonchev–Trinajstić information content (AvgIpc) is 2.75. The van der Waals surface area contributed by atoms with E-state index in [0.717, 1.165) is 30.3 Å². The molecular formula is C23H26N2O3. The van der Waals surface area contributed by atoms with Crippen molar-refractivity contribution in [2.75, 3.05) is 13.2 Å². The van der Waals surface area contributed by atoms with Crippen LogP contribution in [0.3, 0.4) is 0 Å². The molecule has 5 heteroatoms. The van der Waals surface area contributed by atoms with Crippen molar-refractivity contribution < 1.29 is 14.3 Å². The van der Waals surface area contributed by atoms with E-state index in [0.29, 0.717) is 17.7 Å². The summed E-state index contributed by atoms with van der Waals surface area (Å²) < 4.78 is 5.20. The van der Waals surface area contributed by atoms with E-state index in [4.69, 9.17) is 4.74 Å². The van der Waals surface area contributed by atoms with Gasteiger partial charge in [-0.2, -0.15) is 0 Å². The molecule has 1 amide bonds. The number of hydrogen-bond donors (Lipinski definition) is 0. The first-order valence-corrected chi connectivity index (χ1v) is 10.2. The summed E-state index contributed by atoms with van der Waals surface area (Å²) in [4.78, 5) is 31.1. The molecule has 1 aromatic heterocycles. The zero-order chi connectivity index (χ0) is 19.3. The molecule has 2 atom stereocenters. The van der Waals surface area contributed by atoms with Crippen molar-refractivity contribution in [1.82, 2.24) is 9.88 Å². The quantitative estimate of drug-likeness (QED) is 0.597. The van der Waals surface area contributed by atoms with E-state index < -0.39 is 5.97 Å². The molecule has 2 aliphatic rings. The van der Waals surface area contributed by atoms with Crippen molar-refractivity contribution in [3.05, 3.63) is 48.2 Å². The van der Waals surface area contributed by atoms with Gasteiger partial charge in [0, 0.05) is 24.0 Å². The highest BCUT2D eigenvalue weighted by Crippen LogP contribution is 2.35. The molecule has 28 heavy (non-hydrogen) atoms. The predicted molar refractivity (Wildman–Crippen MR) is 108 cm³/mol. The summed E-state index contributed by atoms with van der Waals surface area (Å²) >= 11 is 0. The van der Waals surface area contributed by atoms with Gasteiger partial charge in [-0.05, 0) is 49.8 Å². The van der Waals surface area contributed by atoms with E-state index in [1.165, 1.54) is 31.8 Å². The molecule has 1 aliphatic heterocycles. The number of rotatable bonds is 4. The summed E-state index contributed by atoms with van der Waals surface area (Å²) in [6, 6.07) is 12.0. The van der Waals surface area contributed by atoms with Crippen LogP contribution in [0.1, 0.15) is 44.2 Å². The molecular weight excluding hydrogens is 352 g/mol. The second-order valence-corrected chi connectivity index (χ2v) is 7.71. The van der Waals surface area contributed by atoms with Gasteiger partial charge in [0.25, 0.3) is 5.91 Å². The standard InChI is InChI=1S/C23H26N2O3/c26-22(25-15-5-8-18-7-2-4-10-21(18)25)16-28-23(27)14-13-19-12-11-17-6-1-3-9-20(17)24-19/h1,3,6,9,11-14,18,21H,2,4-5,7-8,10,15-16H2/b14-13+/t18-,21-/m0/s1. The third kappa shape index (κ3) is 4.24. The number of carbonyl (C=O) groups excluding carboxylic acids is 2. The zero-order valence-corrected chi connectivity index (χ0v) is 16.0. The Morgan fingerprint density at radius 2 is 1.89 bits per heavy atom. The van der Waals surface area contributed by atoms with Crippen LogP contribution in [-0.4, -0.2) is 41.0 Å². The highest BCUT2D eigenvalue weighted by molar-refractivity contribution is 5.89. The Morgan fingerprint density at radius 1 is 1.07 bits per heavy atom. The van der Waals surface area contributed by atoms with Crippen molar-refractivity contribution in [1.29, 1.82) is 0 Å². The maximum Gasteiger partial charge on any atom is 0.331 e. The second-order valence-electron chi connectivity index (χ2n) is 7.71. The van der Waals surface area contributed by atoms with Crippen molar-refractivity contribution in [3.8, 4) is 0 Å². The molecule has 0 N–H and O–H groups in total. The Bertz CT molecular complexity index is 890. The molecule has 1 saturated heterocycles. The van der Waals surface area contributed by atoms with Gasteiger partial charge in [-0.3, -0.25) is 4.79 Å². The minimum Gasteiger partial charge on any atom is -0.452 e. The number of fused-ring (bicyclic) bond motifs is 2. The summed E-state index contributed by atoms with van der Waals surface area (Å²) in [5.74, 6) is 0.0451. The zero-order valence-electron chi connectivity index (χ0n) is 16.0. The number of pyridine rings is 1. The molecule has 2 fully saturated rings. The second kappa shape index (κ2) is 8.55. The largest absolute Gasteiger partial charge is 0.452 e. The number of piperidine rings is 1. The van der Waals surface area contributed by atoms with Gasteiger partial charge in [0.05, 0.1) is 11.2 Å². The molecule has 2 heterocycles. The number of ether oxygens (including phenoxy) is 1. The summed E-state index contributed by atoms with van der Waals surface area (Å²) in [6.45, 7) is 0.603. The molecule has 1 aliphatic carbocycles. The number of aromatic nitrogens is 1. The van der Waals surface area contributed by atoms with Crippen LogP contribution in [-0.2, 0) is 14.3 Å². The number of carbonyl (C=O) groups is 2. The number of hydrogen-bond acceptors (Lipinski definition) is 4. The van der Waals surface area contributed by atoms with Crippen LogP contribution < -0.4 is 0 Å². The molecule has 5 nitrogen and oxygen atoms in total. The maximum atomic E-state index is 12.6. The minimum absolute atomic E-state index is 0.0674. The summed E-state index contributed by atoms with van der Waals surface area (Å²) in [5.41, 5.74) is 1.56. The fourth-order valence-electron chi connectivity index (χ4n) is 4.53. The number of likely N-dealkylation sites (tertiary alicyclic amines) is 1. The molecule has 1 saturated carbocycles. The molecule has 2 aromatic rings. The first kappa shape index (κ1) is 18.7. The van der Waals surface area contributed by atoms with Crippen molar-refractivity contribution in [2.24, 2.45) is 5.92 Å². The average molecular weight is 378 g/mol. The van der Waals surface area contributed by atoms with Gasteiger partial charge in [-0.15, -0.1) is 0 Å². The van der Waals surface area contributed by atoms with Crippen LogP contribution >= 0.6 is 0 Å². The highest BCUT2D eigenvalue weighted by Gasteiger charge is 2.35. The van der Waals surface area contributed by atoms with Gasteiger partial charge in [0.15, 0.2) is 6.61 Å². The van der Waals surface area contributed by atoms with Crippen molar-refractivity contribution in [2.45, 2.75) is 44.6 Å². The molecule has 146 valence electrons. The third-order valence-corrected chi connectivity index (χ3v) is 5.91. The Balaban J connectivity index is 1.32. The fourth-order valence-corrected chi connectivity index (χ4v) is 4.53. The lowest BCUT2D eigenvalue weighted by Gasteiger charge is -2.44. The molecule has 4 rings (SSSR count). The Morgan fingerprint density at radius 3 is 2.82 bits per heavy atom. The van der Waals surface area contributed by atoms with Crippen LogP contribution in [0.25, 0.3) is 17.0 Å². The van der Waals surface area contributed by atoms with E-state index in [1.807, 2.05) is 41.3 Å². The monoisotopic (exact) mass is 378 g/mol. The lowest BCUT2D eigenvalue weighted by molar-refractivity contribution is -0.151. The predicted octanol–water partition coefficient (Wildman–Crippen LogP) is 3.97. The van der Waals surface area contributed by atoms with E-state index in [2.05, 4.69) is 4.98 Å². The number of para-hydroxylation sites is 1. The number of nitrogens with zero attached hydrogens (tertiary/aromatic N) is 2. The first-order valence-electron chi connectivity index (χ1n) is 10.2. The van der Waals surface area contributed by atoms with Gasteiger partial charge in [-0.1, -0.05) is 37.1 Å². The van der Waals surface area contributed by atoms with Crippen molar-refractivity contribution in [3.63, 3.8) is 0 Å². The third-order valence-electron chi connectivity index (χ3n) is 5.91. The van der Waals surface area contributed by atoms with E-state index >= 15 is 0 Å². The molecule has 0 spiro atoms. The van der Waals surface area contributed by atoms with E-state index in [-0.39, 0.29) is 12.5 Å². The molecule has 0 radical (unpaired) electrons. The topological polar surface area (TPSA) is 59.5 Å². The van der Waals surface area contributed by atoms with Crippen LogP contribution in [0.15, 0.2) is 42.5 Å². The minimum atomic E-state index is -0.513. The Kier molecular flexibility index (Phi) is 5.70. The van der Waals surface area contributed by atoms with Gasteiger partial charge < -0.3 is 9.64 Å². The maximum absolute atomic E-state index is 12.6.